The molecule has 0 aromatic heterocycles. The Kier molecular flexibility index (Phi) is 6.22. The Hall–Kier alpha value is -3.28. The average molecular weight is 394 g/mol. The van der Waals surface area contributed by atoms with Gasteiger partial charge in [-0.3, -0.25) is 14.5 Å². The molecule has 1 aliphatic rings. The molecule has 152 valence electrons. The number of methoxy groups -OCH3 is 1. The molecule has 0 fully saturated rings. The number of ether oxygens (including phenoxy) is 2. The van der Waals surface area contributed by atoms with Crippen LogP contribution in [0.5, 0.6) is 11.5 Å². The van der Waals surface area contributed by atoms with Gasteiger partial charge in [0.2, 0.25) is 0 Å². The van der Waals surface area contributed by atoms with E-state index < -0.39 is 0 Å². The third kappa shape index (κ3) is 4.26. The predicted octanol–water partition coefficient (Wildman–Crippen LogP) is 3.94. The number of para-hydroxylation sites is 1. The van der Waals surface area contributed by atoms with Crippen molar-refractivity contribution in [2.75, 3.05) is 25.6 Å². The number of hydrogen-bond donors (Lipinski definition) is 1. The minimum absolute atomic E-state index is 0.159. The maximum Gasteiger partial charge on any atom is 0.278 e. The van der Waals surface area contributed by atoms with Gasteiger partial charge in [-0.15, -0.1) is 0 Å². The summed E-state index contributed by atoms with van der Waals surface area (Å²) in [5.74, 6) is 0.792. The lowest BCUT2D eigenvalue weighted by Crippen LogP contribution is -2.35. The van der Waals surface area contributed by atoms with Crippen LogP contribution < -0.4 is 14.8 Å². The number of rotatable bonds is 8. The normalized spacial score (nSPS) is 14.0. The summed E-state index contributed by atoms with van der Waals surface area (Å²) < 4.78 is 10.9. The number of nitrogens with zero attached hydrogens (tertiary/aromatic N) is 1. The van der Waals surface area contributed by atoms with Crippen LogP contribution in [0.4, 0.5) is 5.69 Å². The van der Waals surface area contributed by atoms with Crippen molar-refractivity contribution in [3.05, 3.63) is 59.8 Å². The molecule has 1 aliphatic heterocycles. The van der Waals surface area contributed by atoms with Crippen molar-refractivity contribution in [3.63, 3.8) is 0 Å². The van der Waals surface area contributed by atoms with E-state index in [1.807, 2.05) is 57.2 Å². The molecule has 1 N–H and O–H groups in total. The van der Waals surface area contributed by atoms with Crippen LogP contribution >= 0.6 is 0 Å². The number of anilines is 1. The van der Waals surface area contributed by atoms with E-state index in [0.717, 1.165) is 5.75 Å². The van der Waals surface area contributed by atoms with Crippen LogP contribution in [-0.2, 0) is 9.59 Å². The lowest BCUT2D eigenvalue weighted by molar-refractivity contribution is -0.137. The molecule has 29 heavy (non-hydrogen) atoms. The SMILES string of the molecule is CCOc1ccc(NC2=C(c3ccccc3OC)C(=O)N(CC(C)C)C2=O)cc1. The van der Waals surface area contributed by atoms with Crippen LogP contribution in [0.25, 0.3) is 5.57 Å². The van der Waals surface area contributed by atoms with E-state index >= 15 is 0 Å². The van der Waals surface area contributed by atoms with E-state index in [9.17, 15) is 9.59 Å². The largest absolute Gasteiger partial charge is 0.496 e. The van der Waals surface area contributed by atoms with Crippen molar-refractivity contribution in [2.45, 2.75) is 20.8 Å². The maximum absolute atomic E-state index is 13.2. The lowest BCUT2D eigenvalue weighted by atomic mass is 10.0. The van der Waals surface area contributed by atoms with Gasteiger partial charge in [-0.25, -0.2) is 0 Å². The van der Waals surface area contributed by atoms with Crippen LogP contribution in [-0.4, -0.2) is 37.0 Å². The number of carbonyl (C=O) groups excluding carboxylic acids is 2. The number of nitrogens with one attached hydrogen (secondary N) is 1. The first-order chi connectivity index (χ1) is 14.0. The number of amides is 2. The predicted molar refractivity (Wildman–Crippen MR) is 113 cm³/mol. The molecule has 0 atom stereocenters. The van der Waals surface area contributed by atoms with Gasteiger partial charge in [-0.2, -0.15) is 0 Å². The Labute approximate surface area is 171 Å². The zero-order valence-corrected chi connectivity index (χ0v) is 17.2. The quantitative estimate of drug-likeness (QED) is 0.687. The fourth-order valence-electron chi connectivity index (χ4n) is 3.27. The van der Waals surface area contributed by atoms with Crippen molar-refractivity contribution in [1.29, 1.82) is 0 Å². The Morgan fingerprint density at radius 1 is 1.00 bits per heavy atom. The first-order valence-electron chi connectivity index (χ1n) is 9.70. The smallest absolute Gasteiger partial charge is 0.278 e. The second kappa shape index (κ2) is 8.82. The summed E-state index contributed by atoms with van der Waals surface area (Å²) in [5, 5.41) is 3.15. The van der Waals surface area contributed by atoms with Crippen LogP contribution in [0.1, 0.15) is 26.3 Å². The number of imide groups is 1. The second-order valence-electron chi connectivity index (χ2n) is 7.15. The molecule has 0 aliphatic carbocycles. The first-order valence-corrected chi connectivity index (χ1v) is 9.70. The van der Waals surface area contributed by atoms with Gasteiger partial charge < -0.3 is 14.8 Å². The van der Waals surface area contributed by atoms with Gasteiger partial charge in [0.15, 0.2) is 0 Å². The van der Waals surface area contributed by atoms with Gasteiger partial charge in [0, 0.05) is 17.8 Å². The molecule has 2 amide bonds. The summed E-state index contributed by atoms with van der Waals surface area (Å²) in [7, 11) is 1.55. The highest BCUT2D eigenvalue weighted by molar-refractivity contribution is 6.37. The van der Waals surface area contributed by atoms with Crippen molar-refractivity contribution in [1.82, 2.24) is 4.90 Å². The highest BCUT2D eigenvalue weighted by Gasteiger charge is 2.40. The summed E-state index contributed by atoms with van der Waals surface area (Å²) in [6.45, 7) is 6.79. The van der Waals surface area contributed by atoms with Gasteiger partial charge in [0.25, 0.3) is 11.8 Å². The van der Waals surface area contributed by atoms with Gasteiger partial charge in [0.05, 0.1) is 19.3 Å². The highest BCUT2D eigenvalue weighted by atomic mass is 16.5. The first kappa shape index (κ1) is 20.5. The van der Waals surface area contributed by atoms with Crippen molar-refractivity contribution in [2.24, 2.45) is 5.92 Å². The molecule has 2 aromatic rings. The summed E-state index contributed by atoms with van der Waals surface area (Å²) >= 11 is 0. The van der Waals surface area contributed by atoms with E-state index in [1.54, 1.807) is 19.2 Å². The zero-order chi connectivity index (χ0) is 21.0. The summed E-state index contributed by atoms with van der Waals surface area (Å²) in [5.41, 5.74) is 1.86. The Balaban J connectivity index is 2.04. The summed E-state index contributed by atoms with van der Waals surface area (Å²) in [6, 6.07) is 14.5. The molecule has 6 heteroatoms. The Morgan fingerprint density at radius 3 is 2.31 bits per heavy atom. The molecule has 0 saturated carbocycles. The third-order valence-electron chi connectivity index (χ3n) is 4.53. The number of hydrogen-bond acceptors (Lipinski definition) is 5. The van der Waals surface area contributed by atoms with Gasteiger partial charge >= 0.3 is 0 Å². The van der Waals surface area contributed by atoms with E-state index in [1.165, 1.54) is 4.90 Å². The van der Waals surface area contributed by atoms with Gasteiger partial charge in [-0.1, -0.05) is 32.0 Å². The van der Waals surface area contributed by atoms with Crippen LogP contribution in [0.15, 0.2) is 54.2 Å². The summed E-state index contributed by atoms with van der Waals surface area (Å²) in [6.07, 6.45) is 0. The molecule has 0 spiro atoms. The van der Waals surface area contributed by atoms with E-state index in [0.29, 0.717) is 35.7 Å². The molecule has 0 radical (unpaired) electrons. The number of carbonyl (C=O) groups is 2. The van der Waals surface area contributed by atoms with Crippen molar-refractivity contribution in [3.8, 4) is 11.5 Å². The monoisotopic (exact) mass is 394 g/mol. The van der Waals surface area contributed by atoms with Crippen LogP contribution in [0.3, 0.4) is 0 Å². The number of benzene rings is 2. The average Bonchev–Trinajstić information content (AvgIpc) is 2.93. The van der Waals surface area contributed by atoms with E-state index in [2.05, 4.69) is 5.32 Å². The Bertz CT molecular complexity index is 932. The molecular weight excluding hydrogens is 368 g/mol. The highest BCUT2D eigenvalue weighted by Crippen LogP contribution is 2.35. The molecule has 3 rings (SSSR count). The van der Waals surface area contributed by atoms with Crippen molar-refractivity contribution >= 4 is 23.1 Å². The fourth-order valence-corrected chi connectivity index (χ4v) is 3.27. The van der Waals surface area contributed by atoms with Crippen LogP contribution in [0, 0.1) is 5.92 Å². The van der Waals surface area contributed by atoms with E-state index in [-0.39, 0.29) is 23.4 Å². The molecule has 1 heterocycles. The minimum Gasteiger partial charge on any atom is -0.496 e. The molecule has 0 unspecified atom stereocenters. The lowest BCUT2D eigenvalue weighted by Gasteiger charge is -2.17. The Morgan fingerprint density at radius 2 is 1.69 bits per heavy atom. The minimum atomic E-state index is -0.335. The second-order valence-corrected chi connectivity index (χ2v) is 7.15. The third-order valence-corrected chi connectivity index (χ3v) is 4.53. The van der Waals surface area contributed by atoms with Crippen molar-refractivity contribution < 1.29 is 19.1 Å². The standard InChI is InChI=1S/C23H26N2O4/c1-5-29-17-12-10-16(11-13-17)24-21-20(18-8-6-7-9-19(18)28-4)22(26)25(23(21)27)14-15(2)3/h6-13,15,24H,5,14H2,1-4H3. The molecular formula is C23H26N2O4. The summed E-state index contributed by atoms with van der Waals surface area (Å²) in [4.78, 5) is 27.6. The molecule has 2 aromatic carbocycles. The van der Waals surface area contributed by atoms with Crippen LogP contribution in [0.2, 0.25) is 0 Å². The van der Waals surface area contributed by atoms with Gasteiger partial charge in [0.1, 0.15) is 17.2 Å². The van der Waals surface area contributed by atoms with E-state index in [4.69, 9.17) is 9.47 Å². The molecule has 0 saturated heterocycles. The molecule has 6 nitrogen and oxygen atoms in total. The topological polar surface area (TPSA) is 67.9 Å². The molecule has 0 bridgehead atoms. The maximum atomic E-state index is 13.2. The zero-order valence-electron chi connectivity index (χ0n) is 17.2. The van der Waals surface area contributed by atoms with Gasteiger partial charge in [-0.05, 0) is 43.2 Å². The fraction of sp³-hybridized carbons (Fsp3) is 0.304.